The SMILES string of the molecule is Cn1c2ccc(C(C)(C)C)cc2c2cc(C(C)(C)C)cc(P(c3ccccc3)c3ccccc3)c21. The van der Waals surface area contributed by atoms with Crippen LogP contribution in [0.3, 0.4) is 0 Å². The first-order chi connectivity index (χ1) is 16.6. The number of rotatable bonds is 3. The molecule has 4 aromatic carbocycles. The van der Waals surface area contributed by atoms with Crippen LogP contribution in [-0.4, -0.2) is 4.57 Å². The molecule has 35 heavy (non-hydrogen) atoms. The van der Waals surface area contributed by atoms with E-state index in [-0.39, 0.29) is 10.8 Å². The van der Waals surface area contributed by atoms with Gasteiger partial charge in [-0.25, -0.2) is 0 Å². The highest BCUT2D eigenvalue weighted by atomic mass is 31.1. The van der Waals surface area contributed by atoms with Gasteiger partial charge in [0, 0.05) is 28.6 Å². The molecule has 0 aliphatic rings. The Hall–Kier alpha value is -2.89. The fraction of sp³-hybridized carbons (Fsp3) is 0.273. The molecule has 1 nitrogen and oxygen atoms in total. The maximum atomic E-state index is 2.50. The smallest absolute Gasteiger partial charge is 0.0573 e. The summed E-state index contributed by atoms with van der Waals surface area (Å²) in [6, 6.07) is 34.2. The fourth-order valence-corrected chi connectivity index (χ4v) is 7.54. The molecule has 2 heteroatoms. The van der Waals surface area contributed by atoms with Gasteiger partial charge >= 0.3 is 0 Å². The van der Waals surface area contributed by atoms with E-state index in [4.69, 9.17) is 0 Å². The fourth-order valence-electron chi connectivity index (χ4n) is 4.99. The van der Waals surface area contributed by atoms with Crippen LogP contribution in [0.5, 0.6) is 0 Å². The van der Waals surface area contributed by atoms with Crippen LogP contribution in [0.4, 0.5) is 0 Å². The second-order valence-corrected chi connectivity index (χ2v) is 13.9. The molecule has 1 aromatic heterocycles. The van der Waals surface area contributed by atoms with Crippen molar-refractivity contribution < 1.29 is 0 Å². The number of benzene rings is 4. The molecule has 0 radical (unpaired) electrons. The van der Waals surface area contributed by atoms with Crippen molar-refractivity contribution in [1.82, 2.24) is 4.57 Å². The van der Waals surface area contributed by atoms with Crippen molar-refractivity contribution in [2.24, 2.45) is 7.05 Å². The summed E-state index contributed by atoms with van der Waals surface area (Å²) in [4.78, 5) is 0. The molecule has 0 aliphatic heterocycles. The summed E-state index contributed by atoms with van der Waals surface area (Å²) in [6.45, 7) is 13.9. The van der Waals surface area contributed by atoms with Gasteiger partial charge in [0.1, 0.15) is 0 Å². The molecule has 0 N–H and O–H groups in total. The van der Waals surface area contributed by atoms with E-state index < -0.39 is 7.92 Å². The van der Waals surface area contributed by atoms with Crippen molar-refractivity contribution in [3.05, 3.63) is 102 Å². The molecule has 0 amide bonds. The largest absolute Gasteiger partial charge is 0.343 e. The third-order valence-electron chi connectivity index (χ3n) is 7.08. The average Bonchev–Trinajstić information content (AvgIpc) is 3.11. The topological polar surface area (TPSA) is 4.93 Å². The Labute approximate surface area is 211 Å². The molecule has 1 heterocycles. The van der Waals surface area contributed by atoms with Crippen LogP contribution < -0.4 is 15.9 Å². The minimum Gasteiger partial charge on any atom is -0.343 e. The Morgan fingerprint density at radius 3 is 1.60 bits per heavy atom. The van der Waals surface area contributed by atoms with Crippen molar-refractivity contribution >= 4 is 45.6 Å². The molecule has 0 saturated carbocycles. The van der Waals surface area contributed by atoms with E-state index in [1.807, 2.05) is 0 Å². The summed E-state index contributed by atoms with van der Waals surface area (Å²) in [7, 11) is 1.53. The lowest BCUT2D eigenvalue weighted by atomic mass is 9.85. The van der Waals surface area contributed by atoms with Gasteiger partial charge in [0.25, 0.3) is 0 Å². The van der Waals surface area contributed by atoms with Crippen molar-refractivity contribution in [3.8, 4) is 0 Å². The van der Waals surface area contributed by atoms with E-state index in [1.54, 1.807) is 0 Å². The van der Waals surface area contributed by atoms with Gasteiger partial charge in [-0.2, -0.15) is 0 Å². The van der Waals surface area contributed by atoms with Crippen LogP contribution in [0, 0.1) is 0 Å². The van der Waals surface area contributed by atoms with Gasteiger partial charge in [0.05, 0.1) is 5.52 Å². The van der Waals surface area contributed by atoms with Gasteiger partial charge in [0.15, 0.2) is 0 Å². The van der Waals surface area contributed by atoms with Gasteiger partial charge in [-0.15, -0.1) is 0 Å². The summed E-state index contributed by atoms with van der Waals surface area (Å²) >= 11 is 0. The lowest BCUT2D eigenvalue weighted by Gasteiger charge is -2.25. The van der Waals surface area contributed by atoms with Crippen molar-refractivity contribution in [2.45, 2.75) is 52.4 Å². The average molecular weight is 478 g/mol. The Morgan fingerprint density at radius 1 is 0.571 bits per heavy atom. The first-order valence-corrected chi connectivity index (χ1v) is 13.9. The highest BCUT2D eigenvalue weighted by molar-refractivity contribution is 7.80. The zero-order valence-electron chi connectivity index (χ0n) is 22.1. The monoisotopic (exact) mass is 477 g/mol. The maximum Gasteiger partial charge on any atom is 0.0573 e. The van der Waals surface area contributed by atoms with Crippen LogP contribution in [0.2, 0.25) is 0 Å². The Balaban J connectivity index is 1.93. The van der Waals surface area contributed by atoms with Gasteiger partial charge in [-0.1, -0.05) is 108 Å². The van der Waals surface area contributed by atoms with Gasteiger partial charge in [-0.05, 0) is 64.8 Å². The third kappa shape index (κ3) is 4.32. The predicted octanol–water partition coefficient (Wildman–Crippen LogP) is 7.68. The molecule has 5 rings (SSSR count). The lowest BCUT2D eigenvalue weighted by Crippen LogP contribution is -2.24. The van der Waals surface area contributed by atoms with Gasteiger partial charge < -0.3 is 4.57 Å². The van der Waals surface area contributed by atoms with Crippen LogP contribution in [0.25, 0.3) is 21.8 Å². The van der Waals surface area contributed by atoms with Crippen molar-refractivity contribution in [2.75, 3.05) is 0 Å². The van der Waals surface area contributed by atoms with E-state index in [9.17, 15) is 0 Å². The lowest BCUT2D eigenvalue weighted by molar-refractivity contribution is 0.590. The van der Waals surface area contributed by atoms with Crippen LogP contribution in [0.15, 0.2) is 91.0 Å². The van der Waals surface area contributed by atoms with Crippen LogP contribution in [0.1, 0.15) is 52.7 Å². The second-order valence-electron chi connectivity index (χ2n) is 11.7. The minimum atomic E-state index is -0.713. The second kappa shape index (κ2) is 8.65. The quantitative estimate of drug-likeness (QED) is 0.235. The van der Waals surface area contributed by atoms with Gasteiger partial charge in [0.2, 0.25) is 0 Å². The molecular formula is C33H36NP. The summed E-state index contributed by atoms with van der Waals surface area (Å²) in [5, 5.41) is 6.95. The van der Waals surface area contributed by atoms with E-state index in [0.29, 0.717) is 0 Å². The first-order valence-electron chi connectivity index (χ1n) is 12.5. The number of aryl methyl sites for hydroxylation is 1. The number of fused-ring (bicyclic) bond motifs is 3. The van der Waals surface area contributed by atoms with E-state index >= 15 is 0 Å². The molecule has 0 spiro atoms. The number of aromatic nitrogens is 1. The Bertz CT molecular complexity index is 1460. The molecule has 0 bridgehead atoms. The number of hydrogen-bond acceptors (Lipinski definition) is 0. The van der Waals surface area contributed by atoms with E-state index in [0.717, 1.165) is 0 Å². The molecule has 0 saturated heterocycles. The number of nitrogens with zero attached hydrogens (tertiary/aromatic N) is 1. The standard InChI is InChI=1S/C33H36NP/c1-32(2,3)23-18-19-29-27(20-23)28-21-24(33(4,5)6)22-30(31(28)34(29)7)35(25-14-10-8-11-15-25)26-16-12-9-13-17-26/h8-22H,1-7H3. The number of hydrogen-bond donors (Lipinski definition) is 0. The molecule has 0 unspecified atom stereocenters. The highest BCUT2D eigenvalue weighted by Gasteiger charge is 2.26. The zero-order chi connectivity index (χ0) is 25.0. The normalized spacial score (nSPS) is 12.7. The predicted molar refractivity (Wildman–Crippen MR) is 157 cm³/mol. The maximum absolute atomic E-state index is 2.50. The van der Waals surface area contributed by atoms with E-state index in [1.165, 1.54) is 48.8 Å². The van der Waals surface area contributed by atoms with Gasteiger partial charge in [-0.3, -0.25) is 0 Å². The van der Waals surface area contributed by atoms with Crippen molar-refractivity contribution in [1.29, 1.82) is 0 Å². The van der Waals surface area contributed by atoms with Crippen LogP contribution in [-0.2, 0) is 17.9 Å². The summed E-state index contributed by atoms with van der Waals surface area (Å²) in [5.74, 6) is 0. The molecule has 0 fully saturated rings. The molecular weight excluding hydrogens is 441 g/mol. The molecule has 5 aromatic rings. The summed E-state index contributed by atoms with van der Waals surface area (Å²) in [6.07, 6.45) is 0. The van der Waals surface area contributed by atoms with Crippen molar-refractivity contribution in [3.63, 3.8) is 0 Å². The first kappa shape index (κ1) is 23.8. The Kier molecular flexibility index (Phi) is 5.89. The third-order valence-corrected chi connectivity index (χ3v) is 9.53. The molecule has 178 valence electrons. The molecule has 0 aliphatic carbocycles. The zero-order valence-corrected chi connectivity index (χ0v) is 22.9. The van der Waals surface area contributed by atoms with Crippen LogP contribution >= 0.6 is 7.92 Å². The Morgan fingerprint density at radius 2 is 1.09 bits per heavy atom. The van der Waals surface area contributed by atoms with E-state index in [2.05, 4.69) is 144 Å². The summed E-state index contributed by atoms with van der Waals surface area (Å²) < 4.78 is 2.43. The minimum absolute atomic E-state index is 0.0567. The summed E-state index contributed by atoms with van der Waals surface area (Å²) in [5.41, 5.74) is 5.61. The highest BCUT2D eigenvalue weighted by Crippen LogP contribution is 2.41. The molecule has 0 atom stereocenters.